The summed E-state index contributed by atoms with van der Waals surface area (Å²) < 4.78 is 5.02. The molecule has 0 atom stereocenters. The third-order valence-corrected chi connectivity index (χ3v) is 2.38. The number of hydrogen-bond donors (Lipinski definition) is 2. The molecule has 1 aromatic heterocycles. The zero-order valence-corrected chi connectivity index (χ0v) is 11.7. The molecule has 0 aromatic carbocycles. The van der Waals surface area contributed by atoms with Gasteiger partial charge in [-0.05, 0) is 13.8 Å². The number of likely N-dealkylation sites (N-methyl/N-ethyl adjacent to an activating group) is 2. The second-order valence-electron chi connectivity index (χ2n) is 3.66. The topological polar surface area (TPSA) is 92.3 Å². The quantitative estimate of drug-likeness (QED) is 0.712. The molecule has 0 saturated heterocycles. The number of nitrogens with zero attached hydrogens (tertiary/aromatic N) is 4. The van der Waals surface area contributed by atoms with Gasteiger partial charge in [0.25, 0.3) is 0 Å². The minimum Gasteiger partial charge on any atom is -0.467 e. The molecule has 2 N–H and O–H groups in total. The van der Waals surface area contributed by atoms with E-state index in [1.165, 1.54) is 7.11 Å². The van der Waals surface area contributed by atoms with Crippen molar-refractivity contribution in [3.8, 4) is 6.01 Å². The van der Waals surface area contributed by atoms with E-state index < -0.39 is 0 Å². The lowest BCUT2D eigenvalue weighted by molar-refractivity contribution is -0.119. The Morgan fingerprint density at radius 3 is 2.58 bits per heavy atom. The smallest absolute Gasteiger partial charge is 0.322 e. The third kappa shape index (κ3) is 4.23. The molecule has 0 bridgehead atoms. The van der Waals surface area contributed by atoms with Gasteiger partial charge in [-0.1, -0.05) is 0 Å². The van der Waals surface area contributed by atoms with Gasteiger partial charge in [-0.15, -0.1) is 0 Å². The lowest BCUT2D eigenvalue weighted by atomic mass is 10.4. The molecule has 0 spiro atoms. The van der Waals surface area contributed by atoms with Crippen LogP contribution in [0.1, 0.15) is 13.8 Å². The first-order valence-electron chi connectivity index (χ1n) is 6.14. The minimum absolute atomic E-state index is 0.0743. The monoisotopic (exact) mass is 268 g/mol. The van der Waals surface area contributed by atoms with Crippen LogP contribution in [0.2, 0.25) is 0 Å². The van der Waals surface area contributed by atoms with Gasteiger partial charge in [0, 0.05) is 20.1 Å². The van der Waals surface area contributed by atoms with Crippen molar-refractivity contribution < 1.29 is 9.53 Å². The lowest BCUT2D eigenvalue weighted by Crippen LogP contribution is -2.38. The Labute approximate surface area is 112 Å². The van der Waals surface area contributed by atoms with Gasteiger partial charge in [-0.3, -0.25) is 4.79 Å². The van der Waals surface area contributed by atoms with E-state index in [1.807, 2.05) is 13.8 Å². The molecule has 0 aliphatic heterocycles. The van der Waals surface area contributed by atoms with E-state index in [0.29, 0.717) is 25.0 Å². The van der Waals surface area contributed by atoms with E-state index in [0.717, 1.165) is 0 Å². The normalized spacial score (nSPS) is 9.89. The highest BCUT2D eigenvalue weighted by Crippen LogP contribution is 2.14. The van der Waals surface area contributed by atoms with Crippen LogP contribution in [0.4, 0.5) is 11.9 Å². The molecule has 0 fully saturated rings. The maximum atomic E-state index is 11.6. The van der Waals surface area contributed by atoms with Gasteiger partial charge >= 0.3 is 6.01 Å². The van der Waals surface area contributed by atoms with Crippen molar-refractivity contribution >= 4 is 17.8 Å². The number of rotatable bonds is 7. The van der Waals surface area contributed by atoms with E-state index in [9.17, 15) is 4.79 Å². The molecule has 19 heavy (non-hydrogen) atoms. The number of amides is 1. The van der Waals surface area contributed by atoms with E-state index >= 15 is 0 Å². The fraction of sp³-hybridized carbons (Fsp3) is 0.636. The van der Waals surface area contributed by atoms with Crippen LogP contribution < -0.4 is 20.3 Å². The summed E-state index contributed by atoms with van der Waals surface area (Å²) in [7, 11) is 3.19. The highest BCUT2D eigenvalue weighted by atomic mass is 16.5. The predicted molar refractivity (Wildman–Crippen MR) is 72.5 cm³/mol. The maximum Gasteiger partial charge on any atom is 0.322 e. The summed E-state index contributed by atoms with van der Waals surface area (Å²) in [6.45, 7) is 5.20. The van der Waals surface area contributed by atoms with E-state index in [-0.39, 0.29) is 18.5 Å². The highest BCUT2D eigenvalue weighted by Gasteiger charge is 2.15. The largest absolute Gasteiger partial charge is 0.467 e. The van der Waals surface area contributed by atoms with Gasteiger partial charge < -0.3 is 20.3 Å². The highest BCUT2D eigenvalue weighted by molar-refractivity contribution is 5.80. The summed E-state index contributed by atoms with van der Waals surface area (Å²) in [5.74, 6) is 0.732. The fourth-order valence-electron chi connectivity index (χ4n) is 1.44. The Morgan fingerprint density at radius 1 is 1.32 bits per heavy atom. The van der Waals surface area contributed by atoms with Crippen LogP contribution in [0.15, 0.2) is 0 Å². The van der Waals surface area contributed by atoms with E-state index in [2.05, 4.69) is 25.6 Å². The summed E-state index contributed by atoms with van der Waals surface area (Å²) in [6, 6.07) is 0.212. The van der Waals surface area contributed by atoms with Gasteiger partial charge in [-0.25, -0.2) is 0 Å². The van der Waals surface area contributed by atoms with Crippen LogP contribution in [-0.4, -0.2) is 54.7 Å². The molecule has 8 nitrogen and oxygen atoms in total. The molecular weight excluding hydrogens is 248 g/mol. The molecule has 1 rings (SSSR count). The Balaban J connectivity index is 2.93. The van der Waals surface area contributed by atoms with Crippen LogP contribution in [0, 0.1) is 0 Å². The van der Waals surface area contributed by atoms with Crippen molar-refractivity contribution in [1.29, 1.82) is 0 Å². The second-order valence-corrected chi connectivity index (χ2v) is 3.66. The lowest BCUT2D eigenvalue weighted by Gasteiger charge is -2.20. The van der Waals surface area contributed by atoms with Crippen LogP contribution in [0.5, 0.6) is 6.01 Å². The number of anilines is 2. The molecule has 0 unspecified atom stereocenters. The fourth-order valence-corrected chi connectivity index (χ4v) is 1.44. The second kappa shape index (κ2) is 7.34. The SMILES string of the molecule is CCNC(=O)CN(CC)c1nc(NC)nc(OC)n1. The third-order valence-electron chi connectivity index (χ3n) is 2.38. The molecule has 0 aliphatic carbocycles. The Kier molecular flexibility index (Phi) is 5.77. The molecule has 106 valence electrons. The Morgan fingerprint density at radius 2 is 2.05 bits per heavy atom. The standard InChI is InChI=1S/C11H20N6O2/c1-5-13-8(18)7-17(6-2)10-14-9(12-3)15-11(16-10)19-4/h5-7H2,1-4H3,(H,13,18)(H,12,14,15,16). The Hall–Kier alpha value is -2.12. The number of carbonyl (C=O) groups excluding carboxylic acids is 1. The number of carbonyl (C=O) groups is 1. The summed E-state index contributed by atoms with van der Waals surface area (Å²) >= 11 is 0. The summed E-state index contributed by atoms with van der Waals surface area (Å²) in [6.07, 6.45) is 0. The molecule has 1 amide bonds. The van der Waals surface area contributed by atoms with Crippen molar-refractivity contribution in [2.24, 2.45) is 0 Å². The van der Waals surface area contributed by atoms with Crippen LogP contribution >= 0.6 is 0 Å². The van der Waals surface area contributed by atoms with Gasteiger partial charge in [0.2, 0.25) is 17.8 Å². The number of aromatic nitrogens is 3. The first-order chi connectivity index (χ1) is 9.14. The van der Waals surface area contributed by atoms with Crippen molar-refractivity contribution in [3.05, 3.63) is 0 Å². The maximum absolute atomic E-state index is 11.6. The Bertz CT molecular complexity index is 403. The van der Waals surface area contributed by atoms with Crippen LogP contribution in [0.3, 0.4) is 0 Å². The molecule has 1 heterocycles. The predicted octanol–water partition coefficient (Wildman–Crippen LogP) is -0.116. The molecule has 1 aromatic rings. The zero-order chi connectivity index (χ0) is 14.3. The van der Waals surface area contributed by atoms with Gasteiger partial charge in [0.15, 0.2) is 0 Å². The average molecular weight is 268 g/mol. The van der Waals surface area contributed by atoms with Crippen LogP contribution in [0.25, 0.3) is 0 Å². The summed E-state index contributed by atoms with van der Waals surface area (Å²) in [5.41, 5.74) is 0. The molecule has 0 saturated carbocycles. The van der Waals surface area contributed by atoms with Crippen molar-refractivity contribution in [2.45, 2.75) is 13.8 Å². The molecule has 0 aliphatic rings. The van der Waals surface area contributed by atoms with Gasteiger partial charge in [0.05, 0.1) is 13.7 Å². The van der Waals surface area contributed by atoms with E-state index in [1.54, 1.807) is 11.9 Å². The van der Waals surface area contributed by atoms with Gasteiger partial charge in [0.1, 0.15) is 0 Å². The number of nitrogens with one attached hydrogen (secondary N) is 2. The van der Waals surface area contributed by atoms with Crippen molar-refractivity contribution in [2.75, 3.05) is 44.0 Å². The molecule has 8 heteroatoms. The molecule has 0 radical (unpaired) electrons. The zero-order valence-electron chi connectivity index (χ0n) is 11.7. The summed E-state index contributed by atoms with van der Waals surface area (Å²) in [5, 5.41) is 5.57. The van der Waals surface area contributed by atoms with Crippen molar-refractivity contribution in [1.82, 2.24) is 20.3 Å². The number of methoxy groups -OCH3 is 1. The number of ether oxygens (including phenoxy) is 1. The van der Waals surface area contributed by atoms with Gasteiger partial charge in [-0.2, -0.15) is 15.0 Å². The van der Waals surface area contributed by atoms with Crippen molar-refractivity contribution in [3.63, 3.8) is 0 Å². The first-order valence-corrected chi connectivity index (χ1v) is 6.14. The number of hydrogen-bond acceptors (Lipinski definition) is 7. The van der Waals surface area contributed by atoms with Crippen LogP contribution in [-0.2, 0) is 4.79 Å². The minimum atomic E-state index is -0.0743. The first kappa shape index (κ1) is 14.9. The summed E-state index contributed by atoms with van der Waals surface area (Å²) in [4.78, 5) is 25.8. The average Bonchev–Trinajstić information content (AvgIpc) is 2.44. The van der Waals surface area contributed by atoms with E-state index in [4.69, 9.17) is 4.74 Å². The molecular formula is C11H20N6O2.